The highest BCUT2D eigenvalue weighted by Gasteiger charge is 2.20. The largest absolute Gasteiger partial charge is 0.377 e. The molecule has 0 spiro atoms. The summed E-state index contributed by atoms with van der Waals surface area (Å²) >= 11 is 0. The Kier molecular flexibility index (Phi) is 4.61. The molecule has 104 valence electrons. The maximum absolute atomic E-state index is 13.4. The van der Waals surface area contributed by atoms with Crippen LogP contribution in [0, 0.1) is 11.6 Å². The summed E-state index contributed by atoms with van der Waals surface area (Å²) in [6, 6.07) is 2.92. The number of benzene rings is 1. The molecule has 1 fully saturated rings. The van der Waals surface area contributed by atoms with Crippen LogP contribution in [0.5, 0.6) is 0 Å². The monoisotopic (exact) mass is 269 g/mol. The zero-order valence-electron chi connectivity index (χ0n) is 10.9. The molecule has 1 unspecified atom stereocenters. The predicted molar refractivity (Wildman–Crippen MR) is 67.2 cm³/mol. The van der Waals surface area contributed by atoms with E-state index in [1.165, 1.54) is 0 Å². The number of halogens is 2. The molecular weight excluding hydrogens is 252 g/mol. The summed E-state index contributed by atoms with van der Waals surface area (Å²) in [5, 5.41) is 0. The molecule has 0 aromatic heterocycles. The van der Waals surface area contributed by atoms with Crippen LogP contribution in [0.15, 0.2) is 18.2 Å². The fourth-order valence-corrected chi connectivity index (χ4v) is 2.24. The van der Waals surface area contributed by atoms with Gasteiger partial charge in [-0.25, -0.2) is 8.78 Å². The van der Waals surface area contributed by atoms with Gasteiger partial charge in [-0.2, -0.15) is 0 Å². The van der Waals surface area contributed by atoms with E-state index in [0.717, 1.165) is 37.6 Å². The summed E-state index contributed by atoms with van der Waals surface area (Å²) in [5.41, 5.74) is -0.195. The Morgan fingerprint density at radius 1 is 1.47 bits per heavy atom. The van der Waals surface area contributed by atoms with E-state index in [4.69, 9.17) is 4.74 Å². The molecule has 5 heteroatoms. The van der Waals surface area contributed by atoms with E-state index >= 15 is 0 Å². The van der Waals surface area contributed by atoms with Crippen LogP contribution in [0.25, 0.3) is 0 Å². The molecule has 0 aliphatic carbocycles. The van der Waals surface area contributed by atoms with Crippen LogP contribution in [0.3, 0.4) is 0 Å². The molecule has 19 heavy (non-hydrogen) atoms. The van der Waals surface area contributed by atoms with Crippen LogP contribution in [-0.2, 0) is 4.74 Å². The van der Waals surface area contributed by atoms with Gasteiger partial charge in [0.05, 0.1) is 18.2 Å². The molecule has 2 rings (SSSR count). The SMILES string of the molecule is CN(CC(=O)c1cc(F)ccc1F)CC1CCCO1. The van der Waals surface area contributed by atoms with Crippen LogP contribution >= 0.6 is 0 Å². The summed E-state index contributed by atoms with van der Waals surface area (Å²) in [6.07, 6.45) is 2.15. The molecule has 1 atom stereocenters. The average Bonchev–Trinajstić information content (AvgIpc) is 2.84. The number of nitrogens with zero attached hydrogens (tertiary/aromatic N) is 1. The number of rotatable bonds is 5. The Morgan fingerprint density at radius 2 is 2.26 bits per heavy atom. The molecule has 3 nitrogen and oxygen atoms in total. The minimum absolute atomic E-state index is 0.0558. The van der Waals surface area contributed by atoms with Gasteiger partial charge in [0.2, 0.25) is 0 Å². The number of likely N-dealkylation sites (N-methyl/N-ethyl adjacent to an activating group) is 1. The molecule has 0 radical (unpaired) electrons. The van der Waals surface area contributed by atoms with Crippen molar-refractivity contribution < 1.29 is 18.3 Å². The van der Waals surface area contributed by atoms with Gasteiger partial charge >= 0.3 is 0 Å². The maximum atomic E-state index is 13.4. The first-order chi connectivity index (χ1) is 9.06. The van der Waals surface area contributed by atoms with Crippen LogP contribution in [0.1, 0.15) is 23.2 Å². The first-order valence-corrected chi connectivity index (χ1v) is 6.34. The van der Waals surface area contributed by atoms with Crippen LogP contribution in [0.4, 0.5) is 8.78 Å². The summed E-state index contributed by atoms with van der Waals surface area (Å²) in [4.78, 5) is 13.7. The zero-order valence-corrected chi connectivity index (χ0v) is 10.9. The Morgan fingerprint density at radius 3 is 2.95 bits per heavy atom. The minimum atomic E-state index is -0.683. The third kappa shape index (κ3) is 3.81. The normalized spacial score (nSPS) is 19.1. The molecule has 1 saturated heterocycles. The number of hydrogen-bond donors (Lipinski definition) is 0. The number of ether oxygens (including phenoxy) is 1. The van der Waals surface area contributed by atoms with Crippen molar-refractivity contribution >= 4 is 5.78 Å². The maximum Gasteiger partial charge on any atom is 0.179 e. The molecule has 0 amide bonds. The predicted octanol–water partition coefficient (Wildman–Crippen LogP) is 2.26. The van der Waals surface area contributed by atoms with E-state index in [2.05, 4.69) is 0 Å². The van der Waals surface area contributed by atoms with E-state index in [0.29, 0.717) is 6.54 Å². The van der Waals surface area contributed by atoms with Crippen molar-refractivity contribution in [3.05, 3.63) is 35.4 Å². The second-order valence-corrected chi connectivity index (χ2v) is 4.88. The standard InChI is InChI=1S/C14H17F2NO2/c1-17(8-11-3-2-6-19-11)9-14(18)12-7-10(15)4-5-13(12)16/h4-5,7,11H,2-3,6,8-9H2,1H3. The van der Waals surface area contributed by atoms with Crippen molar-refractivity contribution in [3.8, 4) is 0 Å². The quantitative estimate of drug-likeness (QED) is 0.768. The average molecular weight is 269 g/mol. The van der Waals surface area contributed by atoms with Gasteiger partial charge in [-0.15, -0.1) is 0 Å². The van der Waals surface area contributed by atoms with E-state index in [1.54, 1.807) is 11.9 Å². The van der Waals surface area contributed by atoms with Gasteiger partial charge in [-0.05, 0) is 38.1 Å². The molecule has 1 aliphatic rings. The minimum Gasteiger partial charge on any atom is -0.377 e. The Hall–Kier alpha value is -1.33. The summed E-state index contributed by atoms with van der Waals surface area (Å²) < 4.78 is 31.9. The van der Waals surface area contributed by atoms with Gasteiger partial charge in [0, 0.05) is 13.2 Å². The second-order valence-electron chi connectivity index (χ2n) is 4.88. The fraction of sp³-hybridized carbons (Fsp3) is 0.500. The first kappa shape index (κ1) is 14.1. The van der Waals surface area contributed by atoms with Crippen molar-refractivity contribution in [2.75, 3.05) is 26.7 Å². The Balaban J connectivity index is 1.94. The van der Waals surface area contributed by atoms with Crippen LogP contribution in [-0.4, -0.2) is 43.5 Å². The second kappa shape index (κ2) is 6.21. The molecule has 1 aromatic carbocycles. The highest BCUT2D eigenvalue weighted by atomic mass is 19.1. The number of carbonyl (C=O) groups excluding carboxylic acids is 1. The van der Waals surface area contributed by atoms with E-state index in [9.17, 15) is 13.6 Å². The molecular formula is C14H17F2NO2. The lowest BCUT2D eigenvalue weighted by molar-refractivity contribution is 0.0738. The lowest BCUT2D eigenvalue weighted by atomic mass is 10.1. The lowest BCUT2D eigenvalue weighted by Gasteiger charge is -2.19. The van der Waals surface area contributed by atoms with Gasteiger partial charge in [-0.1, -0.05) is 0 Å². The van der Waals surface area contributed by atoms with Gasteiger partial charge < -0.3 is 4.74 Å². The Labute approximate surface area is 111 Å². The van der Waals surface area contributed by atoms with E-state index < -0.39 is 17.4 Å². The number of hydrogen-bond acceptors (Lipinski definition) is 3. The van der Waals surface area contributed by atoms with Gasteiger partial charge in [0.1, 0.15) is 11.6 Å². The molecule has 1 aliphatic heterocycles. The topological polar surface area (TPSA) is 29.5 Å². The molecule has 1 aromatic rings. The van der Waals surface area contributed by atoms with Gasteiger partial charge in [-0.3, -0.25) is 9.69 Å². The van der Waals surface area contributed by atoms with Crippen molar-refractivity contribution in [2.24, 2.45) is 0 Å². The number of Topliss-reactive ketones (excluding diaryl/α,β-unsaturated/α-hetero) is 1. The number of carbonyl (C=O) groups is 1. The van der Waals surface area contributed by atoms with E-state index in [1.807, 2.05) is 0 Å². The third-order valence-corrected chi connectivity index (χ3v) is 3.18. The van der Waals surface area contributed by atoms with Crippen molar-refractivity contribution in [2.45, 2.75) is 18.9 Å². The highest BCUT2D eigenvalue weighted by molar-refractivity contribution is 5.97. The zero-order chi connectivity index (χ0) is 13.8. The van der Waals surface area contributed by atoms with Crippen molar-refractivity contribution in [1.29, 1.82) is 0 Å². The summed E-state index contributed by atoms with van der Waals surface area (Å²) in [5.74, 6) is -1.71. The van der Waals surface area contributed by atoms with E-state index in [-0.39, 0.29) is 18.2 Å². The molecule has 0 N–H and O–H groups in total. The lowest BCUT2D eigenvalue weighted by Crippen LogP contribution is -2.33. The molecule has 1 heterocycles. The highest BCUT2D eigenvalue weighted by Crippen LogP contribution is 2.14. The molecule has 0 bridgehead atoms. The first-order valence-electron chi connectivity index (χ1n) is 6.34. The third-order valence-electron chi connectivity index (χ3n) is 3.18. The smallest absolute Gasteiger partial charge is 0.179 e. The summed E-state index contributed by atoms with van der Waals surface area (Å²) in [6.45, 7) is 1.44. The fourth-order valence-electron chi connectivity index (χ4n) is 2.24. The van der Waals surface area contributed by atoms with Crippen molar-refractivity contribution in [3.63, 3.8) is 0 Å². The molecule has 0 saturated carbocycles. The van der Waals surface area contributed by atoms with Crippen molar-refractivity contribution in [1.82, 2.24) is 4.90 Å². The van der Waals surface area contributed by atoms with Crippen LogP contribution < -0.4 is 0 Å². The van der Waals surface area contributed by atoms with Gasteiger partial charge in [0.15, 0.2) is 5.78 Å². The Bertz CT molecular complexity index is 459. The summed E-state index contributed by atoms with van der Waals surface area (Å²) in [7, 11) is 1.77. The number of ketones is 1. The van der Waals surface area contributed by atoms with Crippen LogP contribution in [0.2, 0.25) is 0 Å². The van der Waals surface area contributed by atoms with Gasteiger partial charge in [0.25, 0.3) is 0 Å².